The second-order valence-electron chi connectivity index (χ2n) is 2.95. The van der Waals surface area contributed by atoms with Crippen LogP contribution in [-0.4, -0.2) is 0 Å². The lowest BCUT2D eigenvalue weighted by molar-refractivity contribution is 0.373. The van der Waals surface area contributed by atoms with E-state index in [-0.39, 0.29) is 0 Å². The van der Waals surface area contributed by atoms with Gasteiger partial charge in [0.1, 0.15) is 11.8 Å². The topological polar surface area (TPSA) is 13.1 Å². The summed E-state index contributed by atoms with van der Waals surface area (Å²) in [5.41, 5.74) is 1.33. The van der Waals surface area contributed by atoms with Gasteiger partial charge >= 0.3 is 0 Å². The van der Waals surface area contributed by atoms with Gasteiger partial charge in [0.15, 0.2) is 0 Å². The molecule has 0 aliphatic heterocycles. The van der Waals surface area contributed by atoms with Gasteiger partial charge < -0.3 is 4.42 Å². The van der Waals surface area contributed by atoms with E-state index in [1.165, 1.54) is 13.2 Å². The molecule has 0 fully saturated rings. The number of halogens is 2. The van der Waals surface area contributed by atoms with Crippen LogP contribution in [0.25, 0.3) is 11.0 Å². The molecule has 0 spiro atoms. The zero-order valence-electron chi connectivity index (χ0n) is 7.05. The third-order valence-electron chi connectivity index (χ3n) is 1.99. The number of furan rings is 1. The highest BCUT2D eigenvalue weighted by molar-refractivity contribution is 9.10. The highest BCUT2D eigenvalue weighted by atomic mass is 79.9. The maximum absolute atomic E-state index is 13.1. The summed E-state index contributed by atoms with van der Waals surface area (Å²) in [6.45, 7) is 1.51. The molecule has 0 bridgehead atoms. The van der Waals surface area contributed by atoms with Crippen LogP contribution in [0.3, 0.4) is 0 Å². The standard InChI is InChI=1S/C10H8BrFO/c1-6(12)9-5-13-10-3-2-7(11)4-8(9)10/h2-6H,1H3. The first-order valence-corrected chi connectivity index (χ1v) is 4.78. The summed E-state index contributed by atoms with van der Waals surface area (Å²) in [7, 11) is 0. The van der Waals surface area contributed by atoms with Gasteiger partial charge in [-0.05, 0) is 25.1 Å². The van der Waals surface area contributed by atoms with Crippen LogP contribution in [0.2, 0.25) is 0 Å². The van der Waals surface area contributed by atoms with Gasteiger partial charge in [-0.15, -0.1) is 0 Å². The van der Waals surface area contributed by atoms with Crippen molar-refractivity contribution in [3.63, 3.8) is 0 Å². The van der Waals surface area contributed by atoms with Crippen molar-refractivity contribution < 1.29 is 8.81 Å². The van der Waals surface area contributed by atoms with Crippen LogP contribution in [-0.2, 0) is 0 Å². The Morgan fingerprint density at radius 3 is 2.92 bits per heavy atom. The number of rotatable bonds is 1. The van der Waals surface area contributed by atoms with Gasteiger partial charge in [0, 0.05) is 15.4 Å². The van der Waals surface area contributed by atoms with Crippen molar-refractivity contribution in [2.75, 3.05) is 0 Å². The molecule has 2 aromatic rings. The maximum Gasteiger partial charge on any atom is 0.134 e. The monoisotopic (exact) mass is 242 g/mol. The first kappa shape index (κ1) is 8.75. The van der Waals surface area contributed by atoms with Crippen LogP contribution in [0.1, 0.15) is 18.7 Å². The summed E-state index contributed by atoms with van der Waals surface area (Å²) in [6.07, 6.45) is 0.484. The number of alkyl halides is 1. The molecule has 0 saturated heterocycles. The molecule has 1 unspecified atom stereocenters. The van der Waals surface area contributed by atoms with Crippen molar-refractivity contribution >= 4 is 26.9 Å². The van der Waals surface area contributed by atoms with Gasteiger partial charge in [0.25, 0.3) is 0 Å². The summed E-state index contributed by atoms with van der Waals surface area (Å²) in [5, 5.41) is 0.837. The van der Waals surface area contributed by atoms with E-state index >= 15 is 0 Å². The molecule has 3 heteroatoms. The molecule has 2 rings (SSSR count). The first-order chi connectivity index (χ1) is 6.18. The highest BCUT2D eigenvalue weighted by Crippen LogP contribution is 2.30. The Morgan fingerprint density at radius 1 is 1.46 bits per heavy atom. The molecule has 0 amide bonds. The summed E-state index contributed by atoms with van der Waals surface area (Å²) < 4.78 is 19.2. The fourth-order valence-electron chi connectivity index (χ4n) is 1.33. The maximum atomic E-state index is 13.1. The number of benzene rings is 1. The van der Waals surface area contributed by atoms with E-state index in [2.05, 4.69) is 15.9 Å². The van der Waals surface area contributed by atoms with Gasteiger partial charge in [-0.2, -0.15) is 0 Å². The van der Waals surface area contributed by atoms with Crippen LogP contribution in [0.4, 0.5) is 4.39 Å². The minimum Gasteiger partial charge on any atom is -0.464 e. The van der Waals surface area contributed by atoms with Gasteiger partial charge in [-0.3, -0.25) is 0 Å². The molecule has 13 heavy (non-hydrogen) atoms. The minimum atomic E-state index is -0.990. The average molecular weight is 243 g/mol. The lowest BCUT2D eigenvalue weighted by Gasteiger charge is -1.97. The Labute approximate surface area is 83.7 Å². The molecule has 0 aliphatic rings. The molecule has 1 aromatic heterocycles. The molecule has 1 atom stereocenters. The predicted molar refractivity (Wildman–Crippen MR) is 53.4 cm³/mol. The second-order valence-corrected chi connectivity index (χ2v) is 3.86. The number of fused-ring (bicyclic) bond motifs is 1. The molecular formula is C10H8BrFO. The molecular weight excluding hydrogens is 235 g/mol. The summed E-state index contributed by atoms with van der Waals surface area (Å²) in [5.74, 6) is 0. The van der Waals surface area contributed by atoms with E-state index in [1.807, 2.05) is 18.2 Å². The van der Waals surface area contributed by atoms with E-state index in [1.54, 1.807) is 0 Å². The van der Waals surface area contributed by atoms with Crippen molar-refractivity contribution in [2.24, 2.45) is 0 Å². The molecule has 0 N–H and O–H groups in total. The lowest BCUT2D eigenvalue weighted by Crippen LogP contribution is -1.81. The molecule has 1 aromatic carbocycles. The van der Waals surface area contributed by atoms with E-state index in [4.69, 9.17) is 4.42 Å². The minimum absolute atomic E-state index is 0.608. The van der Waals surface area contributed by atoms with Crippen LogP contribution in [0, 0.1) is 0 Å². The van der Waals surface area contributed by atoms with E-state index < -0.39 is 6.17 Å². The fourth-order valence-corrected chi connectivity index (χ4v) is 1.69. The van der Waals surface area contributed by atoms with Crippen molar-refractivity contribution in [3.8, 4) is 0 Å². The Bertz CT molecular complexity index is 433. The van der Waals surface area contributed by atoms with Gasteiger partial charge in [-0.1, -0.05) is 15.9 Å². The molecule has 1 heterocycles. The van der Waals surface area contributed by atoms with Crippen LogP contribution < -0.4 is 0 Å². The lowest BCUT2D eigenvalue weighted by atomic mass is 10.1. The predicted octanol–water partition coefficient (Wildman–Crippen LogP) is 4.23. The summed E-state index contributed by atoms with van der Waals surface area (Å²) >= 11 is 3.34. The van der Waals surface area contributed by atoms with E-state index in [9.17, 15) is 4.39 Å². The zero-order chi connectivity index (χ0) is 9.42. The molecule has 68 valence electrons. The van der Waals surface area contributed by atoms with Gasteiger partial charge in [0.05, 0.1) is 6.26 Å². The second kappa shape index (κ2) is 3.14. The third-order valence-corrected chi connectivity index (χ3v) is 2.49. The Morgan fingerprint density at radius 2 is 2.23 bits per heavy atom. The van der Waals surface area contributed by atoms with Gasteiger partial charge in [0.2, 0.25) is 0 Å². The van der Waals surface area contributed by atoms with Crippen LogP contribution in [0.5, 0.6) is 0 Å². The zero-order valence-corrected chi connectivity index (χ0v) is 8.64. The molecule has 0 saturated carbocycles. The Balaban J connectivity index is 2.71. The number of hydrogen-bond donors (Lipinski definition) is 0. The normalized spacial score (nSPS) is 13.5. The average Bonchev–Trinajstić information content (AvgIpc) is 2.46. The summed E-state index contributed by atoms with van der Waals surface area (Å²) in [6, 6.07) is 5.56. The van der Waals surface area contributed by atoms with Gasteiger partial charge in [-0.25, -0.2) is 4.39 Å². The van der Waals surface area contributed by atoms with Crippen molar-refractivity contribution in [1.82, 2.24) is 0 Å². The first-order valence-electron chi connectivity index (χ1n) is 3.99. The summed E-state index contributed by atoms with van der Waals surface area (Å²) in [4.78, 5) is 0. The molecule has 0 aliphatic carbocycles. The third kappa shape index (κ3) is 1.48. The van der Waals surface area contributed by atoms with Crippen molar-refractivity contribution in [2.45, 2.75) is 13.1 Å². The highest BCUT2D eigenvalue weighted by Gasteiger charge is 2.11. The Kier molecular flexibility index (Phi) is 2.12. The fraction of sp³-hybridized carbons (Fsp3) is 0.200. The quantitative estimate of drug-likeness (QED) is 0.730. The van der Waals surface area contributed by atoms with Crippen molar-refractivity contribution in [1.29, 1.82) is 0 Å². The molecule has 1 nitrogen and oxygen atoms in total. The van der Waals surface area contributed by atoms with E-state index in [0.717, 1.165) is 15.4 Å². The Hall–Kier alpha value is -0.830. The SMILES string of the molecule is CC(F)c1coc2ccc(Br)cc12. The van der Waals surface area contributed by atoms with Crippen LogP contribution in [0.15, 0.2) is 33.4 Å². The smallest absolute Gasteiger partial charge is 0.134 e. The largest absolute Gasteiger partial charge is 0.464 e. The van der Waals surface area contributed by atoms with Crippen molar-refractivity contribution in [3.05, 3.63) is 34.5 Å². The van der Waals surface area contributed by atoms with E-state index in [0.29, 0.717) is 5.56 Å². The molecule has 0 radical (unpaired) electrons. The number of hydrogen-bond acceptors (Lipinski definition) is 1. The van der Waals surface area contributed by atoms with Crippen LogP contribution >= 0.6 is 15.9 Å².